The van der Waals surface area contributed by atoms with Gasteiger partial charge in [0.25, 0.3) is 0 Å². The average molecular weight is 339 g/mol. The zero-order chi connectivity index (χ0) is 18.4. The van der Waals surface area contributed by atoms with Crippen molar-refractivity contribution in [3.63, 3.8) is 0 Å². The minimum Gasteiger partial charge on any atom is -0.376 e. The number of benzene rings is 2. The summed E-state index contributed by atoms with van der Waals surface area (Å²) in [6.07, 6.45) is 0. The van der Waals surface area contributed by atoms with Gasteiger partial charge >= 0.3 is 0 Å². The van der Waals surface area contributed by atoms with Gasteiger partial charge in [0.15, 0.2) is 0 Å². The Balaban J connectivity index is 1.86. The summed E-state index contributed by atoms with van der Waals surface area (Å²) in [4.78, 5) is 23.7. The Hall–Kier alpha value is -2.82. The first-order valence-electron chi connectivity index (χ1n) is 8.37. The van der Waals surface area contributed by atoms with E-state index in [-0.39, 0.29) is 24.3 Å². The van der Waals surface area contributed by atoms with Crippen LogP contribution in [0, 0.1) is 19.8 Å². The van der Waals surface area contributed by atoms with Gasteiger partial charge in [-0.2, -0.15) is 0 Å². The largest absolute Gasteiger partial charge is 0.376 e. The quantitative estimate of drug-likeness (QED) is 0.746. The average Bonchev–Trinajstić information content (AvgIpc) is 2.56. The standard InChI is InChI=1S/C20H25N3O2/c1-13(2)20(25)22-17-8-6-16(7-9-17)21-12-19(24)23-18-10-5-14(3)11-15(18)4/h5-11,13,21H,12H2,1-4H3,(H,22,25)(H,23,24). The number of anilines is 3. The van der Waals surface area contributed by atoms with Gasteiger partial charge in [-0.3, -0.25) is 9.59 Å². The number of carbonyl (C=O) groups excluding carboxylic acids is 2. The van der Waals surface area contributed by atoms with E-state index < -0.39 is 0 Å². The van der Waals surface area contributed by atoms with Crippen LogP contribution in [-0.4, -0.2) is 18.4 Å². The second kappa shape index (κ2) is 8.33. The number of hydrogen-bond donors (Lipinski definition) is 3. The molecule has 0 aromatic heterocycles. The van der Waals surface area contributed by atoms with Crippen LogP contribution in [0.3, 0.4) is 0 Å². The molecule has 0 unspecified atom stereocenters. The summed E-state index contributed by atoms with van der Waals surface area (Å²) in [7, 11) is 0. The summed E-state index contributed by atoms with van der Waals surface area (Å²) < 4.78 is 0. The lowest BCUT2D eigenvalue weighted by molar-refractivity contribution is -0.119. The minimum atomic E-state index is -0.107. The minimum absolute atomic E-state index is 0.0199. The molecule has 25 heavy (non-hydrogen) atoms. The molecule has 5 nitrogen and oxygen atoms in total. The molecule has 2 amide bonds. The lowest BCUT2D eigenvalue weighted by Gasteiger charge is -2.11. The molecule has 0 aliphatic heterocycles. The number of aryl methyl sites for hydroxylation is 2. The highest BCUT2D eigenvalue weighted by atomic mass is 16.2. The van der Waals surface area contributed by atoms with E-state index in [0.29, 0.717) is 0 Å². The molecule has 0 radical (unpaired) electrons. The van der Waals surface area contributed by atoms with E-state index in [9.17, 15) is 9.59 Å². The van der Waals surface area contributed by atoms with E-state index in [2.05, 4.69) is 16.0 Å². The highest BCUT2D eigenvalue weighted by molar-refractivity contribution is 5.94. The molecule has 0 heterocycles. The van der Waals surface area contributed by atoms with Gasteiger partial charge in [-0.1, -0.05) is 31.5 Å². The molecule has 0 bridgehead atoms. The zero-order valence-electron chi connectivity index (χ0n) is 15.1. The molecule has 2 aromatic carbocycles. The van der Waals surface area contributed by atoms with E-state index in [4.69, 9.17) is 0 Å². The Morgan fingerprint density at radius 3 is 2.16 bits per heavy atom. The highest BCUT2D eigenvalue weighted by Crippen LogP contribution is 2.17. The summed E-state index contributed by atoms with van der Waals surface area (Å²) >= 11 is 0. The highest BCUT2D eigenvalue weighted by Gasteiger charge is 2.07. The van der Waals surface area contributed by atoms with Crippen LogP contribution in [0.1, 0.15) is 25.0 Å². The Kier molecular flexibility index (Phi) is 6.17. The van der Waals surface area contributed by atoms with Gasteiger partial charge in [-0.05, 0) is 49.7 Å². The third-order valence-electron chi connectivity index (χ3n) is 3.79. The first-order valence-corrected chi connectivity index (χ1v) is 8.37. The molecule has 0 saturated carbocycles. The topological polar surface area (TPSA) is 70.2 Å². The molecule has 3 N–H and O–H groups in total. The van der Waals surface area contributed by atoms with Gasteiger partial charge in [0.2, 0.25) is 11.8 Å². The molecule has 0 aliphatic carbocycles. The molecule has 0 spiro atoms. The van der Waals surface area contributed by atoms with Crippen LogP contribution in [0.2, 0.25) is 0 Å². The summed E-state index contributed by atoms with van der Waals surface area (Å²) in [5.74, 6) is -0.190. The lowest BCUT2D eigenvalue weighted by Crippen LogP contribution is -2.22. The van der Waals surface area contributed by atoms with Gasteiger partial charge in [-0.15, -0.1) is 0 Å². The Morgan fingerprint density at radius 1 is 0.920 bits per heavy atom. The maximum atomic E-state index is 12.1. The molecule has 132 valence electrons. The molecule has 0 saturated heterocycles. The first-order chi connectivity index (χ1) is 11.8. The molecular weight excluding hydrogens is 314 g/mol. The fourth-order valence-corrected chi connectivity index (χ4v) is 2.29. The number of amides is 2. The fourth-order valence-electron chi connectivity index (χ4n) is 2.29. The summed E-state index contributed by atoms with van der Waals surface area (Å²) in [6.45, 7) is 7.86. The van der Waals surface area contributed by atoms with E-state index >= 15 is 0 Å². The molecule has 2 rings (SSSR count). The second-order valence-corrected chi connectivity index (χ2v) is 6.44. The van der Waals surface area contributed by atoms with Crippen molar-refractivity contribution in [3.05, 3.63) is 53.6 Å². The van der Waals surface area contributed by atoms with Crippen LogP contribution in [0.15, 0.2) is 42.5 Å². The smallest absolute Gasteiger partial charge is 0.243 e. The van der Waals surface area contributed by atoms with E-state index in [0.717, 1.165) is 22.6 Å². The monoisotopic (exact) mass is 339 g/mol. The number of nitrogens with one attached hydrogen (secondary N) is 3. The normalized spacial score (nSPS) is 10.4. The van der Waals surface area contributed by atoms with Gasteiger partial charge in [0, 0.05) is 23.0 Å². The van der Waals surface area contributed by atoms with Crippen molar-refractivity contribution in [1.29, 1.82) is 0 Å². The zero-order valence-corrected chi connectivity index (χ0v) is 15.1. The predicted molar refractivity (Wildman–Crippen MR) is 103 cm³/mol. The van der Waals surface area contributed by atoms with Gasteiger partial charge in [0.1, 0.15) is 0 Å². The van der Waals surface area contributed by atoms with Gasteiger partial charge in [-0.25, -0.2) is 0 Å². The maximum absolute atomic E-state index is 12.1. The van der Waals surface area contributed by atoms with Gasteiger partial charge < -0.3 is 16.0 Å². The SMILES string of the molecule is Cc1ccc(NC(=O)CNc2ccc(NC(=O)C(C)C)cc2)c(C)c1. The van der Waals surface area contributed by atoms with Crippen LogP contribution in [0.25, 0.3) is 0 Å². The number of carbonyl (C=O) groups is 2. The number of hydrogen-bond acceptors (Lipinski definition) is 3. The summed E-state index contributed by atoms with van der Waals surface area (Å²) in [6, 6.07) is 13.2. The lowest BCUT2D eigenvalue weighted by atomic mass is 10.1. The first kappa shape index (κ1) is 18.5. The van der Waals surface area contributed by atoms with E-state index in [1.54, 1.807) is 0 Å². The van der Waals surface area contributed by atoms with Crippen molar-refractivity contribution < 1.29 is 9.59 Å². The molecule has 0 atom stereocenters. The Morgan fingerprint density at radius 2 is 1.56 bits per heavy atom. The summed E-state index contributed by atoms with van der Waals surface area (Å²) in [5.41, 5.74) is 4.59. The molecule has 5 heteroatoms. The van der Waals surface area contributed by atoms with Crippen LogP contribution in [-0.2, 0) is 9.59 Å². The van der Waals surface area contributed by atoms with E-state index in [1.165, 1.54) is 5.56 Å². The molecular formula is C20H25N3O2. The summed E-state index contributed by atoms with van der Waals surface area (Å²) in [5, 5.41) is 8.80. The van der Waals surface area contributed by atoms with Gasteiger partial charge in [0.05, 0.1) is 6.54 Å². The fraction of sp³-hybridized carbons (Fsp3) is 0.300. The van der Waals surface area contributed by atoms with Crippen molar-refractivity contribution in [2.45, 2.75) is 27.7 Å². The Bertz CT molecular complexity index is 752. The Labute approximate surface area is 148 Å². The van der Waals surface area contributed by atoms with Crippen molar-refractivity contribution in [2.75, 3.05) is 22.5 Å². The second-order valence-electron chi connectivity index (χ2n) is 6.44. The van der Waals surface area contributed by atoms with Crippen LogP contribution in [0.5, 0.6) is 0 Å². The van der Waals surface area contributed by atoms with E-state index in [1.807, 2.05) is 70.2 Å². The van der Waals surface area contributed by atoms with Crippen LogP contribution < -0.4 is 16.0 Å². The maximum Gasteiger partial charge on any atom is 0.243 e. The molecule has 0 aliphatic rings. The number of rotatable bonds is 6. The third kappa shape index (κ3) is 5.64. The van der Waals surface area contributed by atoms with Crippen LogP contribution in [0.4, 0.5) is 17.1 Å². The molecule has 0 fully saturated rings. The molecule has 2 aromatic rings. The van der Waals surface area contributed by atoms with Crippen molar-refractivity contribution >= 4 is 28.9 Å². The predicted octanol–water partition coefficient (Wildman–Crippen LogP) is 3.95. The van der Waals surface area contributed by atoms with Crippen LogP contribution >= 0.6 is 0 Å². The van der Waals surface area contributed by atoms with Crippen molar-refractivity contribution in [2.24, 2.45) is 5.92 Å². The van der Waals surface area contributed by atoms with Crippen molar-refractivity contribution in [1.82, 2.24) is 0 Å². The van der Waals surface area contributed by atoms with Crippen molar-refractivity contribution in [3.8, 4) is 0 Å². The third-order valence-corrected chi connectivity index (χ3v) is 3.79.